The van der Waals surface area contributed by atoms with Crippen LogP contribution in [0.15, 0.2) is 182 Å². The van der Waals surface area contributed by atoms with Crippen LogP contribution in [0.5, 0.6) is 0 Å². The van der Waals surface area contributed by atoms with Gasteiger partial charge in [0.25, 0.3) is 0 Å². The first-order chi connectivity index (χ1) is 25.8. The molecule has 1 saturated heterocycles. The Bertz CT molecular complexity index is 1540. The second-order valence-corrected chi connectivity index (χ2v) is 21.5. The van der Waals surface area contributed by atoms with E-state index in [-0.39, 0.29) is 19.5 Å². The standard InChI is InChI=1S/2C18H15P.C6H12S3.F6P.Rh/c2*1-4-10-16(11-5-1)19(17-12-6-2-7-13-17)18-14-8-3-9-15-18;1-2-8-5-6-9-4-3-7-1;1-7(2,3,4,5)6;/h2*1-15H;1-6H2;;/q;;;-1;. The zero-order valence-electron chi connectivity index (χ0n) is 29.7. The maximum atomic E-state index is 9.87. The van der Waals surface area contributed by atoms with Gasteiger partial charge in [0.05, 0.1) is 0 Å². The van der Waals surface area contributed by atoms with Crippen LogP contribution >= 0.6 is 58.9 Å². The third-order valence-electron chi connectivity index (χ3n) is 7.20. The largest absolute Gasteiger partial charge is 0.0622 e. The van der Waals surface area contributed by atoms with Gasteiger partial charge in [-0.15, -0.1) is 0 Å². The van der Waals surface area contributed by atoms with Crippen molar-refractivity contribution in [2.75, 3.05) is 34.5 Å². The van der Waals surface area contributed by atoms with Crippen LogP contribution in [0.3, 0.4) is 0 Å². The molecule has 0 unspecified atom stereocenters. The number of benzene rings is 6. The molecule has 1 aliphatic heterocycles. The Morgan fingerprint density at radius 3 is 0.545 bits per heavy atom. The Kier molecular flexibility index (Phi) is 20.0. The van der Waals surface area contributed by atoms with Crippen molar-refractivity contribution in [3.05, 3.63) is 182 Å². The summed E-state index contributed by atoms with van der Waals surface area (Å²) in [5.41, 5.74) is 0. The predicted molar refractivity (Wildman–Crippen MR) is 236 cm³/mol. The fourth-order valence-electron chi connectivity index (χ4n) is 5.02. The molecule has 55 heavy (non-hydrogen) atoms. The molecule has 0 N–H and O–H groups in total. The summed E-state index contributed by atoms with van der Waals surface area (Å²) in [4.78, 5) is 0. The summed E-state index contributed by atoms with van der Waals surface area (Å²) in [6.45, 7) is 0. The van der Waals surface area contributed by atoms with E-state index in [0.29, 0.717) is 0 Å². The van der Waals surface area contributed by atoms with Crippen LogP contribution in [0.4, 0.5) is 25.2 Å². The molecule has 0 atom stereocenters. The van der Waals surface area contributed by atoms with Gasteiger partial charge in [0.2, 0.25) is 0 Å². The Balaban J connectivity index is 0.000000212. The molecule has 6 aromatic carbocycles. The maximum Gasteiger partial charge on any atom is 0 e. The summed E-state index contributed by atoms with van der Waals surface area (Å²) in [7, 11) is -11.5. The van der Waals surface area contributed by atoms with E-state index < -0.39 is 23.7 Å². The number of hydrogen-bond acceptors (Lipinski definition) is 3. The van der Waals surface area contributed by atoms with Crippen LogP contribution < -0.4 is 31.8 Å². The second kappa shape index (κ2) is 23.3. The molecule has 0 aromatic heterocycles. The summed E-state index contributed by atoms with van der Waals surface area (Å²) in [5.74, 6) is 8.20. The van der Waals surface area contributed by atoms with Crippen molar-refractivity contribution in [2.24, 2.45) is 0 Å². The van der Waals surface area contributed by atoms with Crippen LogP contribution in [0.25, 0.3) is 0 Å². The van der Waals surface area contributed by atoms with E-state index >= 15 is 0 Å². The Morgan fingerprint density at radius 1 is 0.291 bits per heavy atom. The van der Waals surface area contributed by atoms with Crippen molar-refractivity contribution in [2.45, 2.75) is 0 Å². The third-order valence-corrected chi connectivity index (χ3v) is 15.8. The van der Waals surface area contributed by atoms with Gasteiger partial charge in [0, 0.05) is 54.0 Å². The van der Waals surface area contributed by atoms with E-state index in [1.54, 1.807) is 0 Å². The van der Waals surface area contributed by atoms with Crippen LogP contribution in [0.1, 0.15) is 0 Å². The first kappa shape index (κ1) is 47.2. The molecule has 0 saturated carbocycles. The fourth-order valence-corrected chi connectivity index (χ4v) is 13.1. The molecule has 0 bridgehead atoms. The van der Waals surface area contributed by atoms with Crippen LogP contribution in [-0.4, -0.2) is 34.5 Å². The minimum Gasteiger partial charge on any atom is -0.0622 e. The zero-order valence-corrected chi connectivity index (χ0v) is 36.5. The summed E-state index contributed by atoms with van der Waals surface area (Å²) < 4.78 is 59.2. The fraction of sp³-hybridized carbons (Fsp3) is 0.143. The van der Waals surface area contributed by atoms with Crippen molar-refractivity contribution in [3.8, 4) is 0 Å². The molecule has 1 radical (unpaired) electrons. The van der Waals surface area contributed by atoms with E-state index in [4.69, 9.17) is 0 Å². The molecule has 13 heteroatoms. The van der Waals surface area contributed by atoms with Gasteiger partial charge in [-0.2, -0.15) is 35.3 Å². The summed E-state index contributed by atoms with van der Waals surface area (Å²) in [6, 6.07) is 64.7. The monoisotopic (exact) mass is 952 g/mol. The van der Waals surface area contributed by atoms with Crippen molar-refractivity contribution < 1.29 is 44.7 Å². The normalized spacial score (nSPS) is 14.2. The summed E-state index contributed by atoms with van der Waals surface area (Å²) in [6.07, 6.45) is 0. The van der Waals surface area contributed by atoms with E-state index in [1.807, 2.05) is 0 Å². The molecule has 6 aromatic rings. The Morgan fingerprint density at radius 2 is 0.418 bits per heavy atom. The quantitative estimate of drug-likeness (QED) is 0.0928. The number of hydrogen-bond donors (Lipinski definition) is 0. The smallest absolute Gasteiger partial charge is 0 e. The van der Waals surface area contributed by atoms with Gasteiger partial charge in [-0.3, -0.25) is 0 Å². The Labute approximate surface area is 349 Å². The molecule has 7 rings (SSSR count). The second-order valence-electron chi connectivity index (χ2n) is 11.5. The van der Waals surface area contributed by atoms with Crippen molar-refractivity contribution in [3.63, 3.8) is 0 Å². The topological polar surface area (TPSA) is 0 Å². The van der Waals surface area contributed by atoms with Crippen molar-refractivity contribution >= 4 is 90.8 Å². The van der Waals surface area contributed by atoms with Gasteiger partial charge < -0.3 is 0 Å². The first-order valence-corrected chi connectivity index (χ1v) is 25.2. The molecular weight excluding hydrogens is 910 g/mol. The molecule has 0 spiro atoms. The van der Waals surface area contributed by atoms with Crippen LogP contribution in [0, 0.1) is 0 Å². The molecule has 295 valence electrons. The average molecular weight is 953 g/mol. The van der Waals surface area contributed by atoms with E-state index in [0.717, 1.165) is 0 Å². The van der Waals surface area contributed by atoms with E-state index in [2.05, 4.69) is 217 Å². The van der Waals surface area contributed by atoms with Gasteiger partial charge in [-0.1, -0.05) is 182 Å². The minimum atomic E-state index is -10.7. The summed E-state index contributed by atoms with van der Waals surface area (Å²) in [5, 5.41) is 8.39. The van der Waals surface area contributed by atoms with E-state index in [9.17, 15) is 25.2 Å². The first-order valence-electron chi connectivity index (χ1n) is 17.1. The molecule has 0 nitrogen and oxygen atoms in total. The average Bonchev–Trinajstić information content (AvgIpc) is 3.34. The van der Waals surface area contributed by atoms with Gasteiger partial charge in [0.1, 0.15) is 0 Å². The third kappa shape index (κ3) is 20.7. The SMILES string of the molecule is C1CSCCSCCS1.F[P-](F)(F)(F)(F)F.[Rh].c1ccc(P(c2ccccc2)c2ccccc2)cc1.c1ccc(P(c2ccccc2)c2ccccc2)cc1. The number of halogens is 6. The maximum absolute atomic E-state index is 10.7. The van der Waals surface area contributed by atoms with Crippen molar-refractivity contribution in [1.82, 2.24) is 0 Å². The van der Waals surface area contributed by atoms with Gasteiger partial charge in [-0.25, -0.2) is 0 Å². The molecule has 1 heterocycles. The predicted octanol–water partition coefficient (Wildman–Crippen LogP) is 12.5. The van der Waals surface area contributed by atoms with Gasteiger partial charge >= 0.3 is 33.0 Å². The Hall–Kier alpha value is -2.14. The van der Waals surface area contributed by atoms with E-state index in [1.165, 1.54) is 66.3 Å². The van der Waals surface area contributed by atoms with Crippen LogP contribution in [-0.2, 0) is 19.5 Å². The zero-order chi connectivity index (χ0) is 38.6. The van der Waals surface area contributed by atoms with Crippen molar-refractivity contribution in [1.29, 1.82) is 0 Å². The number of thioether (sulfide) groups is 3. The molecule has 1 aliphatic rings. The molecular formula is C42H42F6P3RhS3-. The summed E-state index contributed by atoms with van der Waals surface area (Å²) >= 11 is 6.30. The van der Waals surface area contributed by atoms with Crippen LogP contribution in [0.2, 0.25) is 0 Å². The van der Waals surface area contributed by atoms with Gasteiger partial charge in [0.15, 0.2) is 0 Å². The number of rotatable bonds is 6. The minimum absolute atomic E-state index is 0. The van der Waals surface area contributed by atoms with Gasteiger partial charge in [-0.05, 0) is 47.7 Å². The molecule has 0 aliphatic carbocycles. The molecule has 0 amide bonds. The molecule has 1 fully saturated rings.